The van der Waals surface area contributed by atoms with Gasteiger partial charge in [-0.05, 0) is 12.5 Å². The summed E-state index contributed by atoms with van der Waals surface area (Å²) in [6.07, 6.45) is 1.31. The number of aromatic nitrogens is 1. The lowest BCUT2D eigenvalue weighted by molar-refractivity contribution is -0.138. The number of aliphatic carboxylic acids is 1. The van der Waals surface area contributed by atoms with Gasteiger partial charge in [-0.15, -0.1) is 0 Å². The first-order chi connectivity index (χ1) is 7.10. The van der Waals surface area contributed by atoms with Gasteiger partial charge in [0.2, 0.25) is 5.88 Å². The van der Waals surface area contributed by atoms with Crippen LogP contribution >= 0.6 is 0 Å². The van der Waals surface area contributed by atoms with Gasteiger partial charge in [-0.3, -0.25) is 4.79 Å². The average molecular weight is 206 g/mol. The molecule has 0 radical (unpaired) electrons. The van der Waals surface area contributed by atoms with Crippen LogP contribution in [0.15, 0.2) is 12.3 Å². The first-order valence-electron chi connectivity index (χ1n) is 4.27. The lowest BCUT2D eigenvalue weighted by Gasteiger charge is -2.09. The molecule has 0 fully saturated rings. The molecular formula is C10H10N2O3. The second-order valence-electron chi connectivity index (χ2n) is 2.99. The summed E-state index contributed by atoms with van der Waals surface area (Å²) in [6, 6.07) is 3.37. The molecule has 78 valence electrons. The van der Waals surface area contributed by atoms with Crippen molar-refractivity contribution >= 4 is 5.97 Å². The van der Waals surface area contributed by atoms with Crippen molar-refractivity contribution < 1.29 is 14.6 Å². The molecule has 0 saturated heterocycles. The van der Waals surface area contributed by atoms with Gasteiger partial charge in [0.15, 0.2) is 0 Å². The van der Waals surface area contributed by atoms with E-state index in [1.807, 2.05) is 6.07 Å². The number of pyridine rings is 1. The summed E-state index contributed by atoms with van der Waals surface area (Å²) in [5, 5.41) is 17.6. The summed E-state index contributed by atoms with van der Waals surface area (Å²) in [7, 11) is 1.43. The maximum atomic E-state index is 10.8. The molecule has 1 atom stereocenters. The lowest BCUT2D eigenvalue weighted by Crippen LogP contribution is -2.09. The van der Waals surface area contributed by atoms with Gasteiger partial charge in [-0.2, -0.15) is 5.26 Å². The number of nitriles is 1. The molecule has 0 spiro atoms. The van der Waals surface area contributed by atoms with Crippen LogP contribution in [0.3, 0.4) is 0 Å². The topological polar surface area (TPSA) is 83.2 Å². The van der Waals surface area contributed by atoms with E-state index >= 15 is 0 Å². The third-order valence-corrected chi connectivity index (χ3v) is 2.08. The number of nitrogens with zero attached hydrogens (tertiary/aromatic N) is 2. The van der Waals surface area contributed by atoms with Gasteiger partial charge in [0.25, 0.3) is 0 Å². The molecule has 5 nitrogen and oxygen atoms in total. The molecule has 1 N–H and O–H groups in total. The number of methoxy groups -OCH3 is 1. The quantitative estimate of drug-likeness (QED) is 0.801. The number of carbonyl (C=O) groups is 1. The van der Waals surface area contributed by atoms with Gasteiger partial charge < -0.3 is 9.84 Å². The van der Waals surface area contributed by atoms with Crippen molar-refractivity contribution in [2.75, 3.05) is 7.11 Å². The molecule has 0 saturated carbocycles. The highest BCUT2D eigenvalue weighted by Gasteiger charge is 2.18. The molecule has 1 rings (SSSR count). The van der Waals surface area contributed by atoms with E-state index in [4.69, 9.17) is 15.1 Å². The highest BCUT2D eigenvalue weighted by Crippen LogP contribution is 2.22. The highest BCUT2D eigenvalue weighted by molar-refractivity contribution is 5.76. The molecule has 5 heteroatoms. The fraction of sp³-hybridized carbons (Fsp3) is 0.300. The molecular weight excluding hydrogens is 196 g/mol. The standard InChI is InChI=1S/C10H10N2O3/c1-6(10(13)14)8-3-9(15-2)12-5-7(8)4-11/h3,5-6H,1-2H3,(H,13,14). The Balaban J connectivity index is 3.24. The zero-order valence-electron chi connectivity index (χ0n) is 8.39. The largest absolute Gasteiger partial charge is 0.481 e. The van der Waals surface area contributed by atoms with Crippen LogP contribution in [0, 0.1) is 11.3 Å². The second kappa shape index (κ2) is 4.42. The zero-order chi connectivity index (χ0) is 11.4. The van der Waals surface area contributed by atoms with Gasteiger partial charge in [0.1, 0.15) is 6.07 Å². The van der Waals surface area contributed by atoms with Gasteiger partial charge in [0.05, 0.1) is 18.6 Å². The Labute approximate surface area is 86.9 Å². The minimum Gasteiger partial charge on any atom is -0.481 e. The summed E-state index contributed by atoms with van der Waals surface area (Å²) < 4.78 is 4.87. The average Bonchev–Trinajstić information content (AvgIpc) is 2.27. The summed E-state index contributed by atoms with van der Waals surface area (Å²) in [5.74, 6) is -1.44. The number of carboxylic acid groups (broad SMARTS) is 1. The first-order valence-corrected chi connectivity index (χ1v) is 4.27. The molecule has 1 aromatic rings. The Bertz CT molecular complexity index is 423. The molecule has 0 aromatic carbocycles. The van der Waals surface area contributed by atoms with Crippen LogP contribution in [0.5, 0.6) is 5.88 Å². The Hall–Kier alpha value is -2.09. The summed E-state index contributed by atoms with van der Waals surface area (Å²) >= 11 is 0. The van der Waals surface area contributed by atoms with Gasteiger partial charge >= 0.3 is 5.97 Å². The van der Waals surface area contributed by atoms with Gasteiger partial charge in [0, 0.05) is 12.3 Å². The SMILES string of the molecule is COc1cc(C(C)C(=O)O)c(C#N)cn1. The van der Waals surface area contributed by atoms with Crippen LogP contribution in [-0.4, -0.2) is 23.2 Å². The smallest absolute Gasteiger partial charge is 0.310 e. The van der Waals surface area contributed by atoms with Crippen LogP contribution < -0.4 is 4.74 Å². The number of ether oxygens (including phenoxy) is 1. The maximum absolute atomic E-state index is 10.8. The predicted molar refractivity (Wildman–Crippen MR) is 51.6 cm³/mol. The minimum atomic E-state index is -0.986. The van der Waals surface area contributed by atoms with E-state index < -0.39 is 11.9 Å². The van der Waals surface area contributed by atoms with E-state index in [0.717, 1.165) is 0 Å². The van der Waals surface area contributed by atoms with E-state index in [1.54, 1.807) is 0 Å². The van der Waals surface area contributed by atoms with E-state index in [2.05, 4.69) is 4.98 Å². The first kappa shape index (κ1) is 11.0. The van der Waals surface area contributed by atoms with Gasteiger partial charge in [-0.25, -0.2) is 4.98 Å². The maximum Gasteiger partial charge on any atom is 0.310 e. The van der Waals surface area contributed by atoms with Crippen molar-refractivity contribution in [3.63, 3.8) is 0 Å². The molecule has 0 aliphatic heterocycles. The van der Waals surface area contributed by atoms with Crippen LogP contribution in [0.25, 0.3) is 0 Å². The third kappa shape index (κ3) is 2.23. The lowest BCUT2D eigenvalue weighted by atomic mass is 9.98. The van der Waals surface area contributed by atoms with E-state index in [-0.39, 0.29) is 5.56 Å². The van der Waals surface area contributed by atoms with Crippen LogP contribution in [0.2, 0.25) is 0 Å². The Kier molecular flexibility index (Phi) is 3.24. The molecule has 15 heavy (non-hydrogen) atoms. The van der Waals surface area contributed by atoms with Crippen LogP contribution in [0.1, 0.15) is 24.0 Å². The van der Waals surface area contributed by atoms with Crippen LogP contribution in [-0.2, 0) is 4.79 Å². The summed E-state index contributed by atoms with van der Waals surface area (Å²) in [6.45, 7) is 1.51. The van der Waals surface area contributed by atoms with Crippen molar-refractivity contribution in [1.82, 2.24) is 4.98 Å². The molecule has 1 aromatic heterocycles. The zero-order valence-corrected chi connectivity index (χ0v) is 8.39. The second-order valence-corrected chi connectivity index (χ2v) is 2.99. The van der Waals surface area contributed by atoms with Crippen molar-refractivity contribution in [2.24, 2.45) is 0 Å². The Morgan fingerprint density at radius 3 is 2.87 bits per heavy atom. The van der Waals surface area contributed by atoms with Crippen LogP contribution in [0.4, 0.5) is 0 Å². The Morgan fingerprint density at radius 1 is 1.73 bits per heavy atom. The Morgan fingerprint density at radius 2 is 2.40 bits per heavy atom. The van der Waals surface area contributed by atoms with Crippen molar-refractivity contribution in [3.8, 4) is 11.9 Å². The molecule has 0 bridgehead atoms. The third-order valence-electron chi connectivity index (χ3n) is 2.08. The fourth-order valence-corrected chi connectivity index (χ4v) is 1.15. The van der Waals surface area contributed by atoms with E-state index in [9.17, 15) is 4.79 Å². The number of carboxylic acids is 1. The van der Waals surface area contributed by atoms with E-state index in [1.165, 1.54) is 26.3 Å². The van der Waals surface area contributed by atoms with Crippen molar-refractivity contribution in [2.45, 2.75) is 12.8 Å². The predicted octanol–water partition coefficient (Wildman–Crippen LogP) is 1.15. The summed E-state index contributed by atoms with van der Waals surface area (Å²) in [5.41, 5.74) is 0.669. The molecule has 1 heterocycles. The molecule has 0 amide bonds. The molecule has 1 unspecified atom stereocenters. The number of rotatable bonds is 3. The van der Waals surface area contributed by atoms with Crippen molar-refractivity contribution in [1.29, 1.82) is 5.26 Å². The molecule has 0 aliphatic carbocycles. The summed E-state index contributed by atoms with van der Waals surface area (Å²) in [4.78, 5) is 14.6. The fourth-order valence-electron chi connectivity index (χ4n) is 1.15. The monoisotopic (exact) mass is 206 g/mol. The van der Waals surface area contributed by atoms with Gasteiger partial charge in [-0.1, -0.05) is 0 Å². The highest BCUT2D eigenvalue weighted by atomic mass is 16.5. The molecule has 0 aliphatic rings. The van der Waals surface area contributed by atoms with Crippen molar-refractivity contribution in [3.05, 3.63) is 23.4 Å². The minimum absolute atomic E-state index is 0.255. The number of hydrogen-bond donors (Lipinski definition) is 1. The number of hydrogen-bond acceptors (Lipinski definition) is 4. The van der Waals surface area contributed by atoms with E-state index in [0.29, 0.717) is 11.4 Å². The normalized spacial score (nSPS) is 11.5.